The van der Waals surface area contributed by atoms with Crippen LogP contribution in [0.25, 0.3) is 21.3 Å². The zero-order valence-corrected chi connectivity index (χ0v) is 16.7. The highest BCUT2D eigenvalue weighted by molar-refractivity contribution is 7.17. The molecule has 27 heavy (non-hydrogen) atoms. The van der Waals surface area contributed by atoms with E-state index in [9.17, 15) is 9.59 Å². The summed E-state index contributed by atoms with van der Waals surface area (Å²) in [6, 6.07) is 7.56. The standard InChI is InChI=1S/C21H24N2O3S/c1-4-11-26-21(25)17(6-3)23-13-22-19-18(20(23)24)16(12-27-19)15-9-7-14(5-2)8-10-15/h7-10,12-13,17H,4-6,11H2,1-3H3/t17-/m0/s1. The molecule has 1 aromatic carbocycles. The molecule has 0 spiro atoms. The third-order valence-corrected chi connectivity index (χ3v) is 5.52. The molecule has 0 fully saturated rings. The van der Waals surface area contributed by atoms with Gasteiger partial charge in [-0.25, -0.2) is 9.78 Å². The minimum Gasteiger partial charge on any atom is -0.464 e. The van der Waals surface area contributed by atoms with Crippen molar-refractivity contribution in [3.63, 3.8) is 0 Å². The Morgan fingerprint density at radius 2 is 1.96 bits per heavy atom. The molecule has 1 atom stereocenters. The first-order chi connectivity index (χ1) is 13.1. The second kappa shape index (κ2) is 8.48. The lowest BCUT2D eigenvalue weighted by atomic mass is 10.0. The monoisotopic (exact) mass is 384 g/mol. The van der Waals surface area contributed by atoms with E-state index >= 15 is 0 Å². The van der Waals surface area contributed by atoms with E-state index in [0.29, 0.717) is 23.2 Å². The summed E-state index contributed by atoms with van der Waals surface area (Å²) in [5.74, 6) is -0.383. The molecule has 2 aromatic heterocycles. The first-order valence-electron chi connectivity index (χ1n) is 9.34. The predicted octanol–water partition coefficient (Wildman–Crippen LogP) is 4.59. The van der Waals surface area contributed by atoms with Crippen molar-refractivity contribution in [2.75, 3.05) is 6.61 Å². The van der Waals surface area contributed by atoms with E-state index < -0.39 is 6.04 Å². The van der Waals surface area contributed by atoms with Crippen molar-refractivity contribution in [2.24, 2.45) is 0 Å². The van der Waals surface area contributed by atoms with E-state index in [0.717, 1.165) is 24.0 Å². The summed E-state index contributed by atoms with van der Waals surface area (Å²) in [4.78, 5) is 30.7. The maximum Gasteiger partial charge on any atom is 0.329 e. The van der Waals surface area contributed by atoms with Crippen LogP contribution in [0.5, 0.6) is 0 Å². The highest BCUT2D eigenvalue weighted by atomic mass is 32.1. The number of ether oxygens (including phenoxy) is 1. The van der Waals surface area contributed by atoms with Crippen LogP contribution >= 0.6 is 11.3 Å². The fourth-order valence-electron chi connectivity index (χ4n) is 3.08. The minimum absolute atomic E-state index is 0.198. The molecule has 142 valence electrons. The van der Waals surface area contributed by atoms with Crippen LogP contribution in [0.3, 0.4) is 0 Å². The molecule has 0 aliphatic carbocycles. The average molecular weight is 385 g/mol. The topological polar surface area (TPSA) is 61.2 Å². The van der Waals surface area contributed by atoms with Crippen molar-refractivity contribution in [3.05, 3.63) is 51.9 Å². The molecule has 5 nitrogen and oxygen atoms in total. The van der Waals surface area contributed by atoms with Crippen LogP contribution in [0.1, 0.15) is 45.2 Å². The van der Waals surface area contributed by atoms with Gasteiger partial charge in [-0.05, 0) is 30.4 Å². The van der Waals surface area contributed by atoms with Gasteiger partial charge in [-0.3, -0.25) is 9.36 Å². The average Bonchev–Trinajstić information content (AvgIpc) is 3.13. The number of benzene rings is 1. The minimum atomic E-state index is -0.656. The van der Waals surface area contributed by atoms with E-state index in [1.807, 2.05) is 31.4 Å². The van der Waals surface area contributed by atoms with Gasteiger partial charge in [0, 0.05) is 10.9 Å². The van der Waals surface area contributed by atoms with Gasteiger partial charge in [-0.15, -0.1) is 11.3 Å². The summed E-state index contributed by atoms with van der Waals surface area (Å²) in [6.45, 7) is 6.27. The van der Waals surface area contributed by atoms with Gasteiger partial charge in [0.25, 0.3) is 5.56 Å². The fraction of sp³-hybridized carbons (Fsp3) is 0.381. The van der Waals surface area contributed by atoms with Gasteiger partial charge >= 0.3 is 5.97 Å². The van der Waals surface area contributed by atoms with E-state index in [4.69, 9.17) is 4.74 Å². The lowest BCUT2D eigenvalue weighted by Crippen LogP contribution is -2.31. The van der Waals surface area contributed by atoms with Gasteiger partial charge < -0.3 is 4.74 Å². The number of hydrogen-bond donors (Lipinski definition) is 0. The van der Waals surface area contributed by atoms with Crippen molar-refractivity contribution in [3.8, 4) is 11.1 Å². The van der Waals surface area contributed by atoms with Crippen LogP contribution in [0, 0.1) is 0 Å². The third kappa shape index (κ3) is 3.81. The smallest absolute Gasteiger partial charge is 0.329 e. The molecule has 0 N–H and O–H groups in total. The summed E-state index contributed by atoms with van der Waals surface area (Å²) in [6.07, 6.45) is 3.65. The van der Waals surface area contributed by atoms with Crippen molar-refractivity contribution in [2.45, 2.75) is 46.1 Å². The Morgan fingerprint density at radius 3 is 2.59 bits per heavy atom. The molecule has 0 radical (unpaired) electrons. The number of esters is 1. The Labute approximate surface area is 162 Å². The molecule has 2 heterocycles. The van der Waals surface area contributed by atoms with Crippen LogP contribution in [-0.2, 0) is 16.0 Å². The van der Waals surface area contributed by atoms with Gasteiger partial charge in [-0.1, -0.05) is 45.0 Å². The summed E-state index contributed by atoms with van der Waals surface area (Å²) in [7, 11) is 0. The number of nitrogens with zero attached hydrogens (tertiary/aromatic N) is 2. The molecule has 6 heteroatoms. The number of carbonyl (C=O) groups excluding carboxylic acids is 1. The van der Waals surface area contributed by atoms with Crippen LogP contribution < -0.4 is 5.56 Å². The van der Waals surface area contributed by atoms with E-state index in [1.54, 1.807) is 0 Å². The molecule has 0 bridgehead atoms. The Balaban J connectivity index is 2.08. The van der Waals surface area contributed by atoms with E-state index in [2.05, 4.69) is 24.0 Å². The van der Waals surface area contributed by atoms with Gasteiger partial charge in [-0.2, -0.15) is 0 Å². The quantitative estimate of drug-likeness (QED) is 0.559. The second-order valence-corrected chi connectivity index (χ2v) is 7.29. The van der Waals surface area contributed by atoms with Gasteiger partial charge in [0.1, 0.15) is 10.9 Å². The third-order valence-electron chi connectivity index (χ3n) is 4.64. The molecule has 0 aliphatic heterocycles. The van der Waals surface area contributed by atoms with Crippen molar-refractivity contribution in [1.29, 1.82) is 0 Å². The summed E-state index contributed by atoms with van der Waals surface area (Å²) in [5, 5.41) is 2.52. The molecule has 0 saturated heterocycles. The number of aromatic nitrogens is 2. The van der Waals surface area contributed by atoms with Gasteiger partial charge in [0.05, 0.1) is 18.3 Å². The number of fused-ring (bicyclic) bond motifs is 1. The molecule has 0 saturated carbocycles. The van der Waals surface area contributed by atoms with Crippen LogP contribution in [0.4, 0.5) is 0 Å². The first kappa shape index (κ1) is 19.3. The summed E-state index contributed by atoms with van der Waals surface area (Å²) in [5.41, 5.74) is 2.90. The molecular weight excluding hydrogens is 360 g/mol. The number of aryl methyl sites for hydroxylation is 1. The maximum atomic E-state index is 13.2. The predicted molar refractivity (Wildman–Crippen MR) is 109 cm³/mol. The maximum absolute atomic E-state index is 13.2. The second-order valence-electron chi connectivity index (χ2n) is 6.43. The highest BCUT2D eigenvalue weighted by Gasteiger charge is 2.23. The molecule has 3 rings (SSSR count). The summed E-state index contributed by atoms with van der Waals surface area (Å²) < 4.78 is 6.68. The molecule has 3 aromatic rings. The molecular formula is C21H24N2O3S. The van der Waals surface area contributed by atoms with Crippen molar-refractivity contribution >= 4 is 27.5 Å². The van der Waals surface area contributed by atoms with Gasteiger partial charge in [0.2, 0.25) is 0 Å². The van der Waals surface area contributed by atoms with Crippen LogP contribution in [0.2, 0.25) is 0 Å². The Morgan fingerprint density at radius 1 is 1.22 bits per heavy atom. The Hall–Kier alpha value is -2.47. The Bertz CT molecular complexity index is 989. The highest BCUT2D eigenvalue weighted by Crippen LogP contribution is 2.31. The largest absolute Gasteiger partial charge is 0.464 e. The zero-order chi connectivity index (χ0) is 19.4. The van der Waals surface area contributed by atoms with Gasteiger partial charge in [0.15, 0.2) is 0 Å². The van der Waals surface area contributed by atoms with Crippen molar-refractivity contribution in [1.82, 2.24) is 9.55 Å². The summed E-state index contributed by atoms with van der Waals surface area (Å²) >= 11 is 1.44. The molecule has 0 aliphatic rings. The first-order valence-corrected chi connectivity index (χ1v) is 10.2. The molecule has 0 unspecified atom stereocenters. The fourth-order valence-corrected chi connectivity index (χ4v) is 3.98. The number of thiophene rings is 1. The Kier molecular flexibility index (Phi) is 6.06. The lowest BCUT2D eigenvalue weighted by molar-refractivity contribution is -0.147. The number of carbonyl (C=O) groups is 1. The number of hydrogen-bond acceptors (Lipinski definition) is 5. The van der Waals surface area contributed by atoms with E-state index in [-0.39, 0.29) is 11.5 Å². The zero-order valence-electron chi connectivity index (χ0n) is 15.9. The number of rotatable bonds is 7. The van der Waals surface area contributed by atoms with Crippen LogP contribution in [-0.4, -0.2) is 22.1 Å². The van der Waals surface area contributed by atoms with Crippen LogP contribution in [0.15, 0.2) is 40.8 Å². The van der Waals surface area contributed by atoms with Crippen molar-refractivity contribution < 1.29 is 9.53 Å². The SMILES string of the molecule is CCCOC(=O)[C@H](CC)n1cnc2scc(-c3ccc(CC)cc3)c2c1=O. The normalized spacial score (nSPS) is 12.3. The van der Waals surface area contributed by atoms with E-state index in [1.165, 1.54) is 27.8 Å². The molecule has 0 amide bonds. The lowest BCUT2D eigenvalue weighted by Gasteiger charge is -2.16.